The Hall–Kier alpha value is -2.17. The first-order valence-electron chi connectivity index (χ1n) is 8.39. The Labute approximate surface area is 137 Å². The van der Waals surface area contributed by atoms with Crippen molar-refractivity contribution in [2.75, 3.05) is 0 Å². The quantitative estimate of drug-likeness (QED) is 0.943. The van der Waals surface area contributed by atoms with Gasteiger partial charge in [0.05, 0.1) is 0 Å². The van der Waals surface area contributed by atoms with Crippen molar-refractivity contribution < 1.29 is 4.79 Å². The summed E-state index contributed by atoms with van der Waals surface area (Å²) in [5.74, 6) is 1.58. The fraction of sp³-hybridized carbons (Fsp3) is 0.500. The van der Waals surface area contributed by atoms with Crippen molar-refractivity contribution in [3.8, 4) is 5.69 Å². The zero-order valence-electron chi connectivity index (χ0n) is 13.8. The number of aromatic nitrogens is 3. The molecule has 5 heteroatoms. The normalized spacial score (nSPS) is 21.3. The van der Waals surface area contributed by atoms with E-state index >= 15 is 0 Å². The summed E-state index contributed by atoms with van der Waals surface area (Å²) in [5, 5.41) is 10.7. The second-order valence-electron chi connectivity index (χ2n) is 6.75. The predicted octanol–water partition coefficient (Wildman–Crippen LogP) is 3.21. The Kier molecular flexibility index (Phi) is 4.74. The molecule has 0 radical (unpaired) electrons. The molecule has 1 fully saturated rings. The third-order valence-electron chi connectivity index (χ3n) is 4.90. The third-order valence-corrected chi connectivity index (χ3v) is 4.90. The molecule has 1 N–H and O–H groups in total. The number of benzene rings is 1. The molecule has 0 atom stereocenters. The maximum atomic E-state index is 12.4. The predicted molar refractivity (Wildman–Crippen MR) is 89.4 cm³/mol. The van der Waals surface area contributed by atoms with Crippen LogP contribution in [-0.4, -0.2) is 26.7 Å². The van der Waals surface area contributed by atoms with Gasteiger partial charge in [-0.15, -0.1) is 10.2 Å². The van der Waals surface area contributed by atoms with Crippen molar-refractivity contribution in [2.24, 2.45) is 11.8 Å². The van der Waals surface area contributed by atoms with Crippen molar-refractivity contribution in [2.45, 2.75) is 45.6 Å². The molecule has 1 aliphatic carbocycles. The minimum atomic E-state index is 0.0216. The fourth-order valence-corrected chi connectivity index (χ4v) is 3.32. The minimum Gasteiger partial charge on any atom is -0.349 e. The summed E-state index contributed by atoms with van der Waals surface area (Å²) in [5.41, 5.74) is 1.65. The molecule has 0 saturated heterocycles. The summed E-state index contributed by atoms with van der Waals surface area (Å²) in [6, 6.07) is 7.84. The maximum Gasteiger partial charge on any atom is 0.251 e. The summed E-state index contributed by atoms with van der Waals surface area (Å²) in [6.45, 7) is 4.59. The van der Waals surface area contributed by atoms with E-state index < -0.39 is 0 Å². The Bertz CT molecular complexity index is 626. The van der Waals surface area contributed by atoms with E-state index in [1.165, 1.54) is 12.8 Å². The lowest BCUT2D eigenvalue weighted by Gasteiger charge is -2.31. The van der Waals surface area contributed by atoms with E-state index in [9.17, 15) is 4.79 Å². The number of amides is 1. The molecule has 0 spiro atoms. The number of rotatable bonds is 4. The number of carbonyl (C=O) groups excluding carboxylic acids is 1. The van der Waals surface area contributed by atoms with Gasteiger partial charge in [0.25, 0.3) is 5.91 Å². The van der Waals surface area contributed by atoms with Crippen LogP contribution < -0.4 is 5.32 Å². The molecule has 0 bridgehead atoms. The van der Waals surface area contributed by atoms with Crippen LogP contribution in [0.2, 0.25) is 0 Å². The third kappa shape index (κ3) is 3.78. The van der Waals surface area contributed by atoms with Gasteiger partial charge >= 0.3 is 0 Å². The van der Waals surface area contributed by atoms with Crippen LogP contribution in [0, 0.1) is 11.8 Å². The van der Waals surface area contributed by atoms with Gasteiger partial charge < -0.3 is 5.32 Å². The molecule has 1 aromatic heterocycles. The molecule has 1 aliphatic rings. The molecule has 0 aliphatic heterocycles. The first kappa shape index (κ1) is 15.7. The Balaban J connectivity index is 1.56. The number of hydrogen-bond acceptors (Lipinski definition) is 3. The van der Waals surface area contributed by atoms with Gasteiger partial charge in [-0.1, -0.05) is 13.8 Å². The van der Waals surface area contributed by atoms with Crippen LogP contribution in [0.25, 0.3) is 5.69 Å². The van der Waals surface area contributed by atoms with Crippen LogP contribution in [-0.2, 0) is 0 Å². The molecule has 1 heterocycles. The van der Waals surface area contributed by atoms with Crippen LogP contribution in [0.15, 0.2) is 36.9 Å². The SMILES string of the molecule is CC(C)C1CCC(NC(=O)c2ccc(-n3cnnc3)cc2)CC1. The smallest absolute Gasteiger partial charge is 0.251 e. The average molecular weight is 312 g/mol. The Morgan fingerprint density at radius 2 is 1.70 bits per heavy atom. The van der Waals surface area contributed by atoms with Gasteiger partial charge in [0.2, 0.25) is 0 Å². The lowest BCUT2D eigenvalue weighted by atomic mass is 9.79. The lowest BCUT2D eigenvalue weighted by Crippen LogP contribution is -2.38. The van der Waals surface area contributed by atoms with Gasteiger partial charge in [0.15, 0.2) is 0 Å². The number of hydrogen-bond donors (Lipinski definition) is 1. The van der Waals surface area contributed by atoms with Crippen LogP contribution in [0.5, 0.6) is 0 Å². The Morgan fingerprint density at radius 3 is 2.26 bits per heavy atom. The monoisotopic (exact) mass is 312 g/mol. The van der Waals surface area contributed by atoms with Gasteiger partial charge in [-0.25, -0.2) is 0 Å². The number of carbonyl (C=O) groups is 1. The first-order chi connectivity index (χ1) is 11.1. The van der Waals surface area contributed by atoms with Crippen LogP contribution in [0.3, 0.4) is 0 Å². The second kappa shape index (κ2) is 6.94. The molecule has 5 nitrogen and oxygen atoms in total. The highest BCUT2D eigenvalue weighted by Gasteiger charge is 2.24. The van der Waals surface area contributed by atoms with Gasteiger partial charge in [0, 0.05) is 17.3 Å². The molecule has 0 unspecified atom stereocenters. The van der Waals surface area contributed by atoms with E-state index in [4.69, 9.17) is 0 Å². The van der Waals surface area contributed by atoms with E-state index in [1.54, 1.807) is 12.7 Å². The second-order valence-corrected chi connectivity index (χ2v) is 6.75. The van der Waals surface area contributed by atoms with E-state index in [2.05, 4.69) is 29.4 Å². The Morgan fingerprint density at radius 1 is 1.09 bits per heavy atom. The zero-order valence-corrected chi connectivity index (χ0v) is 13.8. The van der Waals surface area contributed by atoms with Gasteiger partial charge in [0.1, 0.15) is 12.7 Å². The average Bonchev–Trinajstić information content (AvgIpc) is 3.10. The highest BCUT2D eigenvalue weighted by Crippen LogP contribution is 2.29. The van der Waals surface area contributed by atoms with Crippen LogP contribution >= 0.6 is 0 Å². The number of nitrogens with one attached hydrogen (secondary N) is 1. The summed E-state index contributed by atoms with van der Waals surface area (Å²) in [6.07, 6.45) is 7.90. The molecule has 2 aromatic rings. The maximum absolute atomic E-state index is 12.4. The number of nitrogens with zero attached hydrogens (tertiary/aromatic N) is 3. The van der Waals surface area contributed by atoms with Gasteiger partial charge in [-0.2, -0.15) is 0 Å². The van der Waals surface area contributed by atoms with E-state index in [0.717, 1.165) is 30.4 Å². The lowest BCUT2D eigenvalue weighted by molar-refractivity contribution is 0.0918. The summed E-state index contributed by atoms with van der Waals surface area (Å²) in [7, 11) is 0. The van der Waals surface area contributed by atoms with Crippen LogP contribution in [0.1, 0.15) is 49.9 Å². The zero-order chi connectivity index (χ0) is 16.2. The van der Waals surface area contributed by atoms with Crippen molar-refractivity contribution in [1.82, 2.24) is 20.1 Å². The van der Waals surface area contributed by atoms with Crippen molar-refractivity contribution in [3.63, 3.8) is 0 Å². The molecule has 1 amide bonds. The van der Waals surface area contributed by atoms with E-state index in [-0.39, 0.29) is 5.91 Å². The highest BCUT2D eigenvalue weighted by molar-refractivity contribution is 5.94. The molecular weight excluding hydrogens is 288 g/mol. The minimum absolute atomic E-state index is 0.0216. The van der Waals surface area contributed by atoms with E-state index in [0.29, 0.717) is 11.6 Å². The summed E-state index contributed by atoms with van der Waals surface area (Å²) >= 11 is 0. The first-order valence-corrected chi connectivity index (χ1v) is 8.39. The highest BCUT2D eigenvalue weighted by atomic mass is 16.1. The molecule has 1 aromatic carbocycles. The molecule has 3 rings (SSSR count). The van der Waals surface area contributed by atoms with Gasteiger partial charge in [-0.3, -0.25) is 9.36 Å². The van der Waals surface area contributed by atoms with Crippen molar-refractivity contribution >= 4 is 5.91 Å². The largest absolute Gasteiger partial charge is 0.349 e. The molecule has 122 valence electrons. The molecule has 1 saturated carbocycles. The molecule has 23 heavy (non-hydrogen) atoms. The molecular formula is C18H24N4O. The topological polar surface area (TPSA) is 59.8 Å². The van der Waals surface area contributed by atoms with Crippen molar-refractivity contribution in [1.29, 1.82) is 0 Å². The van der Waals surface area contributed by atoms with Crippen LogP contribution in [0.4, 0.5) is 0 Å². The van der Waals surface area contributed by atoms with E-state index in [1.807, 2.05) is 28.8 Å². The standard InChI is InChI=1S/C18H24N4O/c1-13(2)14-3-7-16(8-4-14)21-18(23)15-5-9-17(10-6-15)22-11-19-20-12-22/h5-6,9-14,16H,3-4,7-8H2,1-2H3,(H,21,23). The fourth-order valence-electron chi connectivity index (χ4n) is 3.32. The van der Waals surface area contributed by atoms with Crippen molar-refractivity contribution in [3.05, 3.63) is 42.5 Å². The summed E-state index contributed by atoms with van der Waals surface area (Å²) < 4.78 is 1.81. The van der Waals surface area contributed by atoms with Gasteiger partial charge in [-0.05, 0) is 61.8 Å². The summed E-state index contributed by atoms with van der Waals surface area (Å²) in [4.78, 5) is 12.4.